The van der Waals surface area contributed by atoms with E-state index in [2.05, 4.69) is 5.43 Å². The largest absolute Gasteiger partial charge is 0.453 e. The number of halogens is 1. The Morgan fingerprint density at radius 3 is 2.68 bits per heavy atom. The third-order valence-corrected chi connectivity index (χ3v) is 11.7. The third-order valence-electron chi connectivity index (χ3n) is 8.08. The number of benzene rings is 1. The third kappa shape index (κ3) is 5.43. The number of rotatable bonds is 4. The van der Waals surface area contributed by atoms with Gasteiger partial charge in [0.2, 0.25) is 11.8 Å². The van der Waals surface area contributed by atoms with Gasteiger partial charge in [-0.3, -0.25) is 10.2 Å². The molecule has 15 heteroatoms. The van der Waals surface area contributed by atoms with Crippen LogP contribution in [-0.4, -0.2) is 116 Å². The summed E-state index contributed by atoms with van der Waals surface area (Å²) in [5.41, 5.74) is 4.10. The van der Waals surface area contributed by atoms with Crippen LogP contribution in [0.4, 0.5) is 4.79 Å². The number of nitrogens with one attached hydrogen (secondary N) is 1. The Morgan fingerprint density at radius 1 is 1.12 bits per heavy atom. The Morgan fingerprint density at radius 2 is 1.90 bits per heavy atom. The molecule has 5 heterocycles. The monoisotopic (exact) mass is 624 g/mol. The van der Waals surface area contributed by atoms with Gasteiger partial charge < -0.3 is 24.2 Å². The maximum atomic E-state index is 13.8. The molecule has 2 fully saturated rings. The SMILES string of the molecule is CC1OC2=C(CCN(C(=O)N3CCN(S(=O)(=O)c4cc5ccc(Cl)cc5s4)CC3CC(=O)N3CCOCC3)N2)N1C. The van der Waals surface area contributed by atoms with Crippen molar-refractivity contribution in [3.05, 3.63) is 40.9 Å². The Labute approximate surface area is 248 Å². The number of urea groups is 1. The summed E-state index contributed by atoms with van der Waals surface area (Å²) in [6, 6.07) is 5.98. The number of morpholine rings is 1. The highest BCUT2D eigenvalue weighted by atomic mass is 35.5. The van der Waals surface area contributed by atoms with E-state index in [0.29, 0.717) is 50.2 Å². The lowest BCUT2D eigenvalue weighted by atomic mass is 10.1. The first-order valence-corrected chi connectivity index (χ1v) is 16.3. The highest BCUT2D eigenvalue weighted by Gasteiger charge is 2.42. The maximum absolute atomic E-state index is 13.8. The van der Waals surface area contributed by atoms with Crippen LogP contribution in [0, 0.1) is 0 Å². The van der Waals surface area contributed by atoms with Gasteiger partial charge in [-0.15, -0.1) is 11.3 Å². The zero-order valence-corrected chi connectivity index (χ0v) is 25.3. The van der Waals surface area contributed by atoms with Gasteiger partial charge in [-0.25, -0.2) is 18.2 Å². The van der Waals surface area contributed by atoms with Crippen molar-refractivity contribution in [2.75, 3.05) is 59.5 Å². The minimum atomic E-state index is -3.86. The van der Waals surface area contributed by atoms with Crippen LogP contribution in [0.25, 0.3) is 10.1 Å². The van der Waals surface area contributed by atoms with Gasteiger partial charge in [0.25, 0.3) is 10.0 Å². The molecule has 0 bridgehead atoms. The normalized spacial score (nSPS) is 24.0. The number of hydrogen-bond donors (Lipinski definition) is 1. The molecule has 2 saturated heterocycles. The number of hydrogen-bond acceptors (Lipinski definition) is 9. The molecule has 1 aromatic carbocycles. The first-order valence-electron chi connectivity index (χ1n) is 13.6. The minimum Gasteiger partial charge on any atom is -0.453 e. The summed E-state index contributed by atoms with van der Waals surface area (Å²) in [4.78, 5) is 32.5. The van der Waals surface area contributed by atoms with Gasteiger partial charge in [-0.05, 0) is 30.5 Å². The van der Waals surface area contributed by atoms with Crippen LogP contribution in [-0.2, 0) is 24.3 Å². The van der Waals surface area contributed by atoms with Gasteiger partial charge in [0.15, 0.2) is 6.23 Å². The molecule has 1 N–H and O–H groups in total. The van der Waals surface area contributed by atoms with Crippen molar-refractivity contribution in [2.24, 2.45) is 0 Å². The molecule has 1 aromatic heterocycles. The molecule has 0 aliphatic carbocycles. The second-order valence-electron chi connectivity index (χ2n) is 10.6. The molecule has 2 atom stereocenters. The topological polar surface area (TPSA) is 115 Å². The van der Waals surface area contributed by atoms with Crippen LogP contribution in [0.5, 0.6) is 0 Å². The van der Waals surface area contributed by atoms with Crippen LogP contribution < -0.4 is 5.43 Å². The van der Waals surface area contributed by atoms with E-state index >= 15 is 0 Å². The lowest BCUT2D eigenvalue weighted by Crippen LogP contribution is -2.62. The predicted octanol–water partition coefficient (Wildman–Crippen LogP) is 2.29. The van der Waals surface area contributed by atoms with E-state index in [1.165, 1.54) is 9.31 Å². The fourth-order valence-corrected chi connectivity index (χ4v) is 8.92. The molecule has 41 heavy (non-hydrogen) atoms. The smallest absolute Gasteiger partial charge is 0.339 e. The summed E-state index contributed by atoms with van der Waals surface area (Å²) in [6.45, 7) is 4.49. The number of carbonyl (C=O) groups excluding carboxylic acids is 2. The van der Waals surface area contributed by atoms with E-state index < -0.39 is 16.1 Å². The highest BCUT2D eigenvalue weighted by molar-refractivity contribution is 7.91. The summed E-state index contributed by atoms with van der Waals surface area (Å²) in [5.74, 6) is 0.421. The first kappa shape index (κ1) is 28.3. The van der Waals surface area contributed by atoms with Crippen molar-refractivity contribution in [3.8, 4) is 0 Å². The Bertz CT molecular complexity index is 1490. The van der Waals surface area contributed by atoms with Crippen molar-refractivity contribution < 1.29 is 27.5 Å². The molecule has 12 nitrogen and oxygen atoms in total. The maximum Gasteiger partial charge on any atom is 0.339 e. The molecule has 222 valence electrons. The fourth-order valence-electron chi connectivity index (χ4n) is 5.62. The summed E-state index contributed by atoms with van der Waals surface area (Å²) in [5, 5.41) is 2.83. The molecule has 2 unspecified atom stereocenters. The quantitative estimate of drug-likeness (QED) is 0.551. The van der Waals surface area contributed by atoms with Gasteiger partial charge in [-0.2, -0.15) is 4.31 Å². The van der Waals surface area contributed by atoms with Crippen molar-refractivity contribution in [3.63, 3.8) is 0 Å². The van der Waals surface area contributed by atoms with Gasteiger partial charge in [-0.1, -0.05) is 17.7 Å². The summed E-state index contributed by atoms with van der Waals surface area (Å²) >= 11 is 7.28. The van der Waals surface area contributed by atoms with E-state index in [4.69, 9.17) is 21.1 Å². The Hall–Kier alpha value is -2.78. The van der Waals surface area contributed by atoms with Crippen LogP contribution in [0.3, 0.4) is 0 Å². The van der Waals surface area contributed by atoms with E-state index in [-0.39, 0.29) is 48.4 Å². The summed E-state index contributed by atoms with van der Waals surface area (Å²) in [7, 11) is -1.92. The molecule has 2 aromatic rings. The van der Waals surface area contributed by atoms with Crippen molar-refractivity contribution in [1.29, 1.82) is 0 Å². The van der Waals surface area contributed by atoms with E-state index in [0.717, 1.165) is 27.1 Å². The van der Waals surface area contributed by atoms with Crippen LogP contribution in [0.15, 0.2) is 40.1 Å². The fraction of sp³-hybridized carbons (Fsp3) is 0.538. The molecule has 4 aliphatic heterocycles. The number of ether oxygens (including phenoxy) is 2. The molecular formula is C26H33ClN6O6S2. The van der Waals surface area contributed by atoms with Gasteiger partial charge in [0, 0.05) is 68.9 Å². The first-order chi connectivity index (χ1) is 19.6. The number of amides is 3. The van der Waals surface area contributed by atoms with E-state index in [1.807, 2.05) is 18.9 Å². The lowest BCUT2D eigenvalue weighted by Gasteiger charge is -2.43. The number of nitrogens with zero attached hydrogens (tertiary/aromatic N) is 5. The molecule has 0 radical (unpaired) electrons. The molecule has 0 saturated carbocycles. The number of hydrazine groups is 1. The van der Waals surface area contributed by atoms with Crippen LogP contribution >= 0.6 is 22.9 Å². The van der Waals surface area contributed by atoms with Crippen LogP contribution in [0.1, 0.15) is 19.8 Å². The molecule has 6 rings (SSSR count). The molecule has 4 aliphatic rings. The predicted molar refractivity (Wildman–Crippen MR) is 153 cm³/mol. The highest BCUT2D eigenvalue weighted by Crippen LogP contribution is 2.34. The van der Waals surface area contributed by atoms with Gasteiger partial charge in [0.05, 0.1) is 25.0 Å². The zero-order chi connectivity index (χ0) is 28.9. The number of fused-ring (bicyclic) bond motifs is 1. The second-order valence-corrected chi connectivity index (χ2v) is 14.2. The zero-order valence-electron chi connectivity index (χ0n) is 22.9. The molecular weight excluding hydrogens is 592 g/mol. The van der Waals surface area contributed by atoms with E-state index in [1.54, 1.807) is 34.1 Å². The average molecular weight is 625 g/mol. The van der Waals surface area contributed by atoms with Crippen molar-refractivity contribution in [2.45, 2.75) is 36.2 Å². The van der Waals surface area contributed by atoms with Gasteiger partial charge in [0.1, 0.15) is 4.21 Å². The molecule has 0 spiro atoms. The standard InChI is InChI=1S/C26H33ClN6O6S2/c1-17-29(2)21-5-6-33(28-25(21)39-17)26(35)32-8-7-31(16-20(32)15-23(34)30-9-11-38-12-10-30)41(36,37)24-13-18-3-4-19(27)14-22(18)40-24/h3-4,13-14,17,20,28H,5-12,15-16H2,1-2H3. The Kier molecular flexibility index (Phi) is 7.70. The van der Waals surface area contributed by atoms with Crippen LogP contribution in [0.2, 0.25) is 5.02 Å². The van der Waals surface area contributed by atoms with Gasteiger partial charge >= 0.3 is 6.03 Å². The number of thiophene rings is 1. The van der Waals surface area contributed by atoms with Crippen molar-refractivity contribution in [1.82, 2.24) is 29.4 Å². The molecule has 3 amide bonds. The number of carbonyl (C=O) groups is 2. The van der Waals surface area contributed by atoms with E-state index in [9.17, 15) is 18.0 Å². The average Bonchev–Trinajstić information content (AvgIpc) is 3.53. The summed E-state index contributed by atoms with van der Waals surface area (Å²) < 4.78 is 41.2. The Balaban J connectivity index is 1.23. The minimum absolute atomic E-state index is 0.0111. The summed E-state index contributed by atoms with van der Waals surface area (Å²) in [6.07, 6.45) is 0.495. The number of piperazine rings is 1. The number of sulfonamides is 1. The second kappa shape index (κ2) is 11.1. The van der Waals surface area contributed by atoms with Crippen molar-refractivity contribution >= 4 is 55.0 Å². The lowest BCUT2D eigenvalue weighted by molar-refractivity contribution is -0.136.